The summed E-state index contributed by atoms with van der Waals surface area (Å²) in [6, 6.07) is 8.31. The Morgan fingerprint density at radius 2 is 1.96 bits per heavy atom. The Hall–Kier alpha value is -2.56. The molecule has 0 radical (unpaired) electrons. The van der Waals surface area contributed by atoms with Crippen molar-refractivity contribution in [1.29, 1.82) is 0 Å². The number of ketones is 1. The fourth-order valence-corrected chi connectivity index (χ4v) is 3.45. The Bertz CT molecular complexity index is 815. The van der Waals surface area contributed by atoms with E-state index in [0.29, 0.717) is 36.7 Å². The normalized spacial score (nSPS) is 18.4. The number of benzene rings is 2. The third kappa shape index (κ3) is 2.50. The minimum Gasteiger partial charge on any atom is -0.493 e. The zero-order valence-corrected chi connectivity index (χ0v) is 13.3. The average Bonchev–Trinajstić information content (AvgIpc) is 3.00. The highest BCUT2D eigenvalue weighted by molar-refractivity contribution is 5.85. The van der Waals surface area contributed by atoms with Crippen molar-refractivity contribution in [3.05, 3.63) is 52.8 Å². The minimum atomic E-state index is -0.352. The number of ether oxygens (including phenoxy) is 3. The second-order valence-corrected chi connectivity index (χ2v) is 5.99. The Kier molecular flexibility index (Phi) is 3.63. The van der Waals surface area contributed by atoms with Gasteiger partial charge in [-0.2, -0.15) is 0 Å². The molecule has 0 saturated heterocycles. The van der Waals surface area contributed by atoms with Gasteiger partial charge in [-0.3, -0.25) is 4.79 Å². The molecule has 124 valence electrons. The van der Waals surface area contributed by atoms with Crippen LogP contribution in [0.5, 0.6) is 17.2 Å². The number of hydrogen-bond donors (Lipinski definition) is 0. The summed E-state index contributed by atoms with van der Waals surface area (Å²) in [5.74, 6) is 1.48. The number of carbonyl (C=O) groups excluding carboxylic acids is 1. The highest BCUT2D eigenvalue weighted by Gasteiger charge is 2.31. The van der Waals surface area contributed by atoms with Gasteiger partial charge in [0.25, 0.3) is 0 Å². The number of fused-ring (bicyclic) bond motifs is 2. The van der Waals surface area contributed by atoms with E-state index in [-0.39, 0.29) is 24.3 Å². The Morgan fingerprint density at radius 1 is 1.17 bits per heavy atom. The summed E-state index contributed by atoms with van der Waals surface area (Å²) in [6.45, 7) is 2.48. The van der Waals surface area contributed by atoms with Crippen molar-refractivity contribution >= 4 is 5.78 Å². The fourth-order valence-electron chi connectivity index (χ4n) is 3.45. The number of halogens is 1. The molecule has 1 heterocycles. The predicted molar refractivity (Wildman–Crippen MR) is 85.3 cm³/mol. The van der Waals surface area contributed by atoms with Gasteiger partial charge in [-0.25, -0.2) is 4.39 Å². The standard InChI is InChI=1S/C19H17FO4/c1-2-22-17-7-12(20)3-4-14(17)16-8-13(21)5-11-6-18-19(9-15(11)16)24-10-23-18/h3-4,6-7,9,16H,2,5,8,10H2,1H3. The molecule has 0 amide bonds. The molecule has 1 atom stereocenters. The molecule has 4 nitrogen and oxygen atoms in total. The lowest BCUT2D eigenvalue weighted by Crippen LogP contribution is -2.20. The maximum absolute atomic E-state index is 13.6. The first-order chi connectivity index (χ1) is 11.7. The highest BCUT2D eigenvalue weighted by atomic mass is 19.1. The van der Waals surface area contributed by atoms with Crippen LogP contribution in [0, 0.1) is 5.82 Å². The quantitative estimate of drug-likeness (QED) is 0.863. The summed E-state index contributed by atoms with van der Waals surface area (Å²) < 4.78 is 30.1. The van der Waals surface area contributed by atoms with E-state index in [2.05, 4.69) is 0 Å². The number of hydrogen-bond acceptors (Lipinski definition) is 4. The molecule has 1 unspecified atom stereocenters. The monoisotopic (exact) mass is 328 g/mol. The second kappa shape index (κ2) is 5.82. The fraction of sp³-hybridized carbons (Fsp3) is 0.316. The van der Waals surface area contributed by atoms with Gasteiger partial charge in [-0.05, 0) is 36.2 Å². The third-order valence-corrected chi connectivity index (χ3v) is 4.48. The first-order valence-corrected chi connectivity index (χ1v) is 8.02. The first-order valence-electron chi connectivity index (χ1n) is 8.02. The molecule has 2 aromatic rings. The number of Topliss-reactive ketones (excluding diaryl/α,β-unsaturated/α-hetero) is 1. The summed E-state index contributed by atoms with van der Waals surface area (Å²) in [5, 5.41) is 0. The van der Waals surface area contributed by atoms with Crippen molar-refractivity contribution in [1.82, 2.24) is 0 Å². The van der Waals surface area contributed by atoms with Crippen LogP contribution < -0.4 is 14.2 Å². The van der Waals surface area contributed by atoms with Crippen molar-refractivity contribution in [2.45, 2.75) is 25.7 Å². The van der Waals surface area contributed by atoms with Crippen LogP contribution in [0.4, 0.5) is 4.39 Å². The smallest absolute Gasteiger partial charge is 0.231 e. The molecule has 0 spiro atoms. The van der Waals surface area contributed by atoms with E-state index < -0.39 is 0 Å². The van der Waals surface area contributed by atoms with Crippen LogP contribution >= 0.6 is 0 Å². The lowest BCUT2D eigenvalue weighted by molar-refractivity contribution is -0.119. The summed E-state index contributed by atoms with van der Waals surface area (Å²) in [5.41, 5.74) is 2.78. The van der Waals surface area contributed by atoms with Gasteiger partial charge in [0.2, 0.25) is 6.79 Å². The van der Waals surface area contributed by atoms with E-state index in [9.17, 15) is 9.18 Å². The van der Waals surface area contributed by atoms with E-state index in [1.165, 1.54) is 12.1 Å². The lowest BCUT2D eigenvalue weighted by Gasteiger charge is -2.27. The molecule has 0 bridgehead atoms. The van der Waals surface area contributed by atoms with Gasteiger partial charge >= 0.3 is 0 Å². The van der Waals surface area contributed by atoms with Gasteiger partial charge in [0.15, 0.2) is 11.5 Å². The van der Waals surface area contributed by atoms with Crippen molar-refractivity contribution in [3.8, 4) is 17.2 Å². The molecular formula is C19H17FO4. The molecule has 2 aromatic carbocycles. The third-order valence-electron chi connectivity index (χ3n) is 4.48. The van der Waals surface area contributed by atoms with Crippen LogP contribution in [0.15, 0.2) is 30.3 Å². The SMILES string of the molecule is CCOc1cc(F)ccc1C1CC(=O)Cc2cc3c(cc21)OCO3. The largest absolute Gasteiger partial charge is 0.493 e. The van der Waals surface area contributed by atoms with Crippen LogP contribution in [-0.2, 0) is 11.2 Å². The molecule has 0 saturated carbocycles. The first kappa shape index (κ1) is 15.0. The lowest BCUT2D eigenvalue weighted by atomic mass is 9.78. The average molecular weight is 328 g/mol. The number of rotatable bonds is 3. The molecular weight excluding hydrogens is 311 g/mol. The number of carbonyl (C=O) groups is 1. The summed E-state index contributed by atoms with van der Waals surface area (Å²) in [6.07, 6.45) is 0.756. The van der Waals surface area contributed by atoms with Crippen LogP contribution in [0.25, 0.3) is 0 Å². The van der Waals surface area contributed by atoms with Crippen LogP contribution in [0.2, 0.25) is 0 Å². The summed E-state index contributed by atoms with van der Waals surface area (Å²) in [7, 11) is 0. The van der Waals surface area contributed by atoms with E-state index >= 15 is 0 Å². The zero-order valence-electron chi connectivity index (χ0n) is 13.3. The predicted octanol–water partition coefficient (Wildman–Crippen LogP) is 3.60. The van der Waals surface area contributed by atoms with Gasteiger partial charge in [0.1, 0.15) is 17.3 Å². The maximum atomic E-state index is 13.6. The molecule has 2 aliphatic rings. The van der Waals surface area contributed by atoms with E-state index in [1.54, 1.807) is 6.07 Å². The Labute approximate surface area is 139 Å². The summed E-state index contributed by atoms with van der Waals surface area (Å²) in [4.78, 5) is 12.3. The molecule has 24 heavy (non-hydrogen) atoms. The van der Waals surface area contributed by atoms with Gasteiger partial charge in [0, 0.05) is 30.4 Å². The molecule has 1 aliphatic carbocycles. The van der Waals surface area contributed by atoms with Crippen LogP contribution in [0.3, 0.4) is 0 Å². The molecule has 1 aliphatic heterocycles. The van der Waals surface area contributed by atoms with Gasteiger partial charge in [0.05, 0.1) is 6.61 Å². The Morgan fingerprint density at radius 3 is 2.75 bits per heavy atom. The van der Waals surface area contributed by atoms with E-state index in [4.69, 9.17) is 14.2 Å². The van der Waals surface area contributed by atoms with Gasteiger partial charge in [-0.15, -0.1) is 0 Å². The molecule has 5 heteroatoms. The topological polar surface area (TPSA) is 44.8 Å². The maximum Gasteiger partial charge on any atom is 0.231 e. The molecule has 4 rings (SSSR count). The van der Waals surface area contributed by atoms with Gasteiger partial charge < -0.3 is 14.2 Å². The van der Waals surface area contributed by atoms with Crippen LogP contribution in [-0.4, -0.2) is 19.2 Å². The highest BCUT2D eigenvalue weighted by Crippen LogP contribution is 2.44. The molecule has 0 fully saturated rings. The van der Waals surface area contributed by atoms with Crippen molar-refractivity contribution in [2.75, 3.05) is 13.4 Å². The van der Waals surface area contributed by atoms with Crippen LogP contribution in [0.1, 0.15) is 36.0 Å². The van der Waals surface area contributed by atoms with Crippen molar-refractivity contribution in [3.63, 3.8) is 0 Å². The Balaban J connectivity index is 1.84. The van der Waals surface area contributed by atoms with E-state index in [0.717, 1.165) is 16.7 Å². The second-order valence-electron chi connectivity index (χ2n) is 5.99. The van der Waals surface area contributed by atoms with E-state index in [1.807, 2.05) is 19.1 Å². The minimum absolute atomic E-state index is 0.151. The van der Waals surface area contributed by atoms with Crippen molar-refractivity contribution < 1.29 is 23.4 Å². The molecule has 0 N–H and O–H groups in total. The van der Waals surface area contributed by atoms with Gasteiger partial charge in [-0.1, -0.05) is 6.07 Å². The molecule has 0 aromatic heterocycles. The summed E-state index contributed by atoms with van der Waals surface area (Å²) >= 11 is 0. The zero-order chi connectivity index (χ0) is 16.7. The van der Waals surface area contributed by atoms with Crippen molar-refractivity contribution in [2.24, 2.45) is 0 Å².